The Labute approximate surface area is 107 Å². The second kappa shape index (κ2) is 6.01. The van der Waals surface area contributed by atoms with Crippen LogP contribution in [0.4, 0.5) is 17.6 Å². The summed E-state index contributed by atoms with van der Waals surface area (Å²) in [5.41, 5.74) is -1.31. The van der Waals surface area contributed by atoms with Crippen molar-refractivity contribution in [2.45, 2.75) is 19.9 Å². The van der Waals surface area contributed by atoms with Crippen molar-refractivity contribution in [3.63, 3.8) is 0 Å². The lowest BCUT2D eigenvalue weighted by molar-refractivity contribution is 0.0905. The summed E-state index contributed by atoms with van der Waals surface area (Å²) in [5.74, 6) is -8.45. The number of carbonyl (C=O) groups excluding carboxylic acids is 1. The highest BCUT2D eigenvalue weighted by Crippen LogP contribution is 2.19. The van der Waals surface area contributed by atoms with E-state index in [0.29, 0.717) is 0 Å². The van der Waals surface area contributed by atoms with Crippen LogP contribution in [0.5, 0.6) is 0 Å². The zero-order valence-corrected chi connectivity index (χ0v) is 10.3. The summed E-state index contributed by atoms with van der Waals surface area (Å²) in [5, 5.41) is 11.0. The Morgan fingerprint density at radius 1 is 1.21 bits per heavy atom. The number of halogens is 4. The Morgan fingerprint density at radius 3 is 2.11 bits per heavy atom. The first-order valence-corrected chi connectivity index (χ1v) is 5.54. The maximum Gasteiger partial charge on any atom is 0.257 e. The molecule has 0 aliphatic heterocycles. The lowest BCUT2D eigenvalue weighted by Gasteiger charge is -2.19. The van der Waals surface area contributed by atoms with Crippen molar-refractivity contribution < 1.29 is 27.5 Å². The third-order valence-electron chi connectivity index (χ3n) is 2.84. The number of hydrogen-bond donors (Lipinski definition) is 2. The largest absolute Gasteiger partial charge is 0.396 e. The maximum atomic E-state index is 13.3. The lowest BCUT2D eigenvalue weighted by atomic mass is 10.0. The van der Waals surface area contributed by atoms with E-state index >= 15 is 0 Å². The molecule has 1 aromatic rings. The van der Waals surface area contributed by atoms with E-state index in [1.165, 1.54) is 6.92 Å². The number of aliphatic hydroxyl groups is 1. The Bertz CT molecular complexity index is 467. The summed E-state index contributed by atoms with van der Waals surface area (Å²) >= 11 is 0. The van der Waals surface area contributed by atoms with Gasteiger partial charge in [0.05, 0.1) is 0 Å². The Kier molecular flexibility index (Phi) is 4.88. The molecule has 0 bridgehead atoms. The smallest absolute Gasteiger partial charge is 0.257 e. The summed E-state index contributed by atoms with van der Waals surface area (Å²) in [7, 11) is 0. The van der Waals surface area contributed by atoms with Crippen molar-refractivity contribution in [2.75, 3.05) is 6.61 Å². The van der Waals surface area contributed by atoms with Crippen LogP contribution in [0.25, 0.3) is 0 Å². The Hall–Kier alpha value is -1.63. The number of rotatable bonds is 4. The van der Waals surface area contributed by atoms with Crippen molar-refractivity contribution in [1.82, 2.24) is 5.32 Å². The van der Waals surface area contributed by atoms with Crippen LogP contribution >= 0.6 is 0 Å². The van der Waals surface area contributed by atoms with Crippen LogP contribution in [-0.4, -0.2) is 23.7 Å². The zero-order chi connectivity index (χ0) is 14.7. The molecular weight excluding hydrogens is 266 g/mol. The molecular formula is C12H13F4NO2. The average Bonchev–Trinajstić information content (AvgIpc) is 2.35. The number of amides is 1. The molecule has 0 aliphatic rings. The minimum atomic E-state index is -1.75. The molecule has 19 heavy (non-hydrogen) atoms. The molecule has 0 aliphatic carbocycles. The normalized spacial score (nSPS) is 14.1. The average molecular weight is 279 g/mol. The summed E-state index contributed by atoms with van der Waals surface area (Å²) < 4.78 is 52.6. The van der Waals surface area contributed by atoms with Crippen LogP contribution in [0.1, 0.15) is 24.2 Å². The maximum absolute atomic E-state index is 13.3. The molecule has 0 radical (unpaired) electrons. The van der Waals surface area contributed by atoms with Crippen LogP contribution in [0.15, 0.2) is 6.07 Å². The molecule has 1 aromatic carbocycles. The van der Waals surface area contributed by atoms with Gasteiger partial charge in [0, 0.05) is 18.7 Å². The molecule has 2 N–H and O–H groups in total. The van der Waals surface area contributed by atoms with Crippen LogP contribution in [0.2, 0.25) is 0 Å². The Morgan fingerprint density at radius 2 is 1.68 bits per heavy atom. The van der Waals surface area contributed by atoms with Gasteiger partial charge in [-0.1, -0.05) is 6.92 Å². The van der Waals surface area contributed by atoms with E-state index in [2.05, 4.69) is 5.32 Å². The van der Waals surface area contributed by atoms with Crippen molar-refractivity contribution >= 4 is 5.91 Å². The monoisotopic (exact) mass is 279 g/mol. The van der Waals surface area contributed by atoms with E-state index in [9.17, 15) is 22.4 Å². The topological polar surface area (TPSA) is 49.3 Å². The molecule has 0 fully saturated rings. The van der Waals surface area contributed by atoms with Crippen molar-refractivity contribution in [1.29, 1.82) is 0 Å². The van der Waals surface area contributed by atoms with Crippen LogP contribution in [0.3, 0.4) is 0 Å². The van der Waals surface area contributed by atoms with Gasteiger partial charge in [0.1, 0.15) is 5.56 Å². The molecule has 2 atom stereocenters. The Balaban J connectivity index is 3.07. The summed E-state index contributed by atoms with van der Waals surface area (Å²) in [4.78, 5) is 11.6. The van der Waals surface area contributed by atoms with Crippen molar-refractivity contribution in [2.24, 2.45) is 5.92 Å². The second-order valence-electron chi connectivity index (χ2n) is 4.27. The number of hydrogen-bond acceptors (Lipinski definition) is 2. The van der Waals surface area contributed by atoms with Crippen LogP contribution < -0.4 is 5.32 Å². The van der Waals surface area contributed by atoms with E-state index in [1.54, 1.807) is 6.92 Å². The highest BCUT2D eigenvalue weighted by molar-refractivity contribution is 5.95. The molecule has 0 aromatic heterocycles. The minimum Gasteiger partial charge on any atom is -0.396 e. The van der Waals surface area contributed by atoms with Gasteiger partial charge < -0.3 is 10.4 Å². The van der Waals surface area contributed by atoms with Gasteiger partial charge in [-0.2, -0.15) is 0 Å². The quantitative estimate of drug-likeness (QED) is 0.654. The lowest BCUT2D eigenvalue weighted by Crippen LogP contribution is -2.39. The molecule has 106 valence electrons. The van der Waals surface area contributed by atoms with Gasteiger partial charge in [0.25, 0.3) is 5.91 Å². The summed E-state index contributed by atoms with van der Waals surface area (Å²) in [6, 6.07) is -0.594. The molecule has 0 heterocycles. The highest BCUT2D eigenvalue weighted by Gasteiger charge is 2.26. The predicted octanol–water partition coefficient (Wildman–Crippen LogP) is 1.99. The van der Waals surface area contributed by atoms with Gasteiger partial charge in [0.2, 0.25) is 0 Å². The van der Waals surface area contributed by atoms with Crippen LogP contribution in [0, 0.1) is 29.2 Å². The van der Waals surface area contributed by atoms with Gasteiger partial charge in [-0.25, -0.2) is 17.6 Å². The first-order chi connectivity index (χ1) is 8.79. The molecule has 0 saturated heterocycles. The van der Waals surface area contributed by atoms with E-state index in [0.717, 1.165) is 0 Å². The first kappa shape index (κ1) is 15.4. The minimum absolute atomic E-state index is 0.0290. The third-order valence-corrected chi connectivity index (χ3v) is 2.84. The number of nitrogens with one attached hydrogen (secondary N) is 1. The van der Waals surface area contributed by atoms with Gasteiger partial charge in [-0.15, -0.1) is 0 Å². The summed E-state index contributed by atoms with van der Waals surface area (Å²) in [6.07, 6.45) is 0. The predicted molar refractivity (Wildman–Crippen MR) is 59.5 cm³/mol. The van der Waals surface area contributed by atoms with E-state index < -0.39 is 40.8 Å². The molecule has 1 rings (SSSR count). The third kappa shape index (κ3) is 3.23. The SMILES string of the molecule is C[C@H](CO)[C@@H](C)NC(=O)c1c(F)c(F)cc(F)c1F. The molecule has 0 spiro atoms. The fourth-order valence-corrected chi connectivity index (χ4v) is 1.35. The fraction of sp³-hybridized carbons (Fsp3) is 0.417. The van der Waals surface area contributed by atoms with Crippen LogP contribution in [-0.2, 0) is 0 Å². The zero-order valence-electron chi connectivity index (χ0n) is 10.3. The van der Waals surface area contributed by atoms with E-state index in [1.807, 2.05) is 0 Å². The summed E-state index contributed by atoms with van der Waals surface area (Å²) in [6.45, 7) is 2.82. The van der Waals surface area contributed by atoms with E-state index in [4.69, 9.17) is 5.11 Å². The first-order valence-electron chi connectivity index (χ1n) is 5.54. The standard InChI is InChI=1S/C12H13F4NO2/c1-5(4-18)6(2)17-12(19)9-10(15)7(13)3-8(14)11(9)16/h3,5-6,18H,4H2,1-2H3,(H,17,19)/t5-,6-/m1/s1. The van der Waals surface area contributed by atoms with Crippen molar-refractivity contribution in [3.05, 3.63) is 34.9 Å². The van der Waals surface area contributed by atoms with E-state index in [-0.39, 0.29) is 18.6 Å². The molecule has 1 amide bonds. The van der Waals surface area contributed by atoms with Gasteiger partial charge in [-0.05, 0) is 12.8 Å². The molecule has 0 saturated carbocycles. The number of aliphatic hydroxyl groups excluding tert-OH is 1. The highest BCUT2D eigenvalue weighted by atomic mass is 19.2. The number of benzene rings is 1. The van der Waals surface area contributed by atoms with Crippen molar-refractivity contribution in [3.8, 4) is 0 Å². The molecule has 7 heteroatoms. The van der Waals surface area contributed by atoms with Gasteiger partial charge in [0.15, 0.2) is 23.3 Å². The van der Waals surface area contributed by atoms with Gasteiger partial charge >= 0.3 is 0 Å². The molecule has 3 nitrogen and oxygen atoms in total. The van der Waals surface area contributed by atoms with Gasteiger partial charge in [-0.3, -0.25) is 4.79 Å². The second-order valence-corrected chi connectivity index (χ2v) is 4.27. The number of carbonyl (C=O) groups is 1. The fourth-order valence-electron chi connectivity index (χ4n) is 1.35. The molecule has 0 unspecified atom stereocenters.